The van der Waals surface area contributed by atoms with Gasteiger partial charge in [0, 0.05) is 11.1 Å². The minimum absolute atomic E-state index is 0.546. The van der Waals surface area contributed by atoms with E-state index in [1.54, 1.807) is 19.2 Å². The minimum atomic E-state index is 0.546. The Morgan fingerprint density at radius 1 is 1.54 bits per heavy atom. The third-order valence-electron chi connectivity index (χ3n) is 1.93. The largest absolute Gasteiger partial charge is 0.495 e. The Morgan fingerprint density at radius 3 is 2.69 bits per heavy atom. The molecule has 0 unspecified atom stereocenters. The summed E-state index contributed by atoms with van der Waals surface area (Å²) in [5.41, 5.74) is 1.51. The number of aldehydes is 1. The number of methoxy groups -OCH3 is 1. The maximum Gasteiger partial charge on any atom is 0.150 e. The molecule has 0 aliphatic rings. The van der Waals surface area contributed by atoms with Crippen LogP contribution in [0.4, 0.5) is 0 Å². The molecule has 0 saturated carbocycles. The standard InChI is InChI=1S/C10H11ClO2/c1-3-8-7(6-12)4-5-9(11)10(8)13-2/h4-6H,3H2,1-2H3. The first-order valence-electron chi connectivity index (χ1n) is 4.05. The second-order valence-corrected chi connectivity index (χ2v) is 3.03. The Balaban J connectivity index is 3.35. The van der Waals surface area contributed by atoms with E-state index in [-0.39, 0.29) is 0 Å². The molecule has 1 aromatic carbocycles. The number of hydrogen-bond acceptors (Lipinski definition) is 2. The van der Waals surface area contributed by atoms with E-state index in [9.17, 15) is 4.79 Å². The summed E-state index contributed by atoms with van der Waals surface area (Å²) >= 11 is 5.90. The Morgan fingerprint density at radius 2 is 2.23 bits per heavy atom. The zero-order chi connectivity index (χ0) is 9.84. The van der Waals surface area contributed by atoms with Gasteiger partial charge in [0.15, 0.2) is 0 Å². The van der Waals surface area contributed by atoms with Gasteiger partial charge in [-0.25, -0.2) is 0 Å². The number of halogens is 1. The van der Waals surface area contributed by atoms with Gasteiger partial charge in [-0.05, 0) is 18.6 Å². The molecule has 70 valence electrons. The SMILES string of the molecule is CCc1c(C=O)ccc(Cl)c1OC. The molecule has 2 nitrogen and oxygen atoms in total. The molecular weight excluding hydrogens is 188 g/mol. The molecule has 1 rings (SSSR count). The molecule has 0 amide bonds. The molecule has 1 aromatic rings. The summed E-state index contributed by atoms with van der Waals surface area (Å²) < 4.78 is 5.12. The molecule has 0 atom stereocenters. The van der Waals surface area contributed by atoms with Crippen LogP contribution in [0.5, 0.6) is 5.75 Å². The molecule has 0 fully saturated rings. The van der Waals surface area contributed by atoms with Crippen molar-refractivity contribution in [3.63, 3.8) is 0 Å². The summed E-state index contributed by atoms with van der Waals surface area (Å²) in [6.45, 7) is 1.96. The van der Waals surface area contributed by atoms with Crippen molar-refractivity contribution in [1.82, 2.24) is 0 Å². The van der Waals surface area contributed by atoms with Gasteiger partial charge in [-0.1, -0.05) is 18.5 Å². The highest BCUT2D eigenvalue weighted by Gasteiger charge is 2.10. The highest BCUT2D eigenvalue weighted by molar-refractivity contribution is 6.32. The molecule has 0 spiro atoms. The van der Waals surface area contributed by atoms with Crippen LogP contribution in [0.1, 0.15) is 22.8 Å². The molecular formula is C10H11ClO2. The molecule has 0 radical (unpaired) electrons. The highest BCUT2D eigenvalue weighted by Crippen LogP contribution is 2.30. The van der Waals surface area contributed by atoms with Crippen molar-refractivity contribution in [2.75, 3.05) is 7.11 Å². The number of rotatable bonds is 3. The number of benzene rings is 1. The fraction of sp³-hybridized carbons (Fsp3) is 0.300. The summed E-state index contributed by atoms with van der Waals surface area (Å²) in [4.78, 5) is 10.7. The van der Waals surface area contributed by atoms with E-state index in [0.29, 0.717) is 16.3 Å². The fourth-order valence-electron chi connectivity index (χ4n) is 1.31. The number of hydrogen-bond donors (Lipinski definition) is 0. The quantitative estimate of drug-likeness (QED) is 0.699. The number of carbonyl (C=O) groups is 1. The Kier molecular flexibility index (Phi) is 3.32. The average molecular weight is 199 g/mol. The topological polar surface area (TPSA) is 26.3 Å². The van der Waals surface area contributed by atoms with Crippen LogP contribution in [-0.2, 0) is 6.42 Å². The van der Waals surface area contributed by atoms with Gasteiger partial charge in [0.05, 0.1) is 12.1 Å². The lowest BCUT2D eigenvalue weighted by Gasteiger charge is -2.10. The molecule has 0 heterocycles. The molecule has 0 N–H and O–H groups in total. The monoisotopic (exact) mass is 198 g/mol. The van der Waals surface area contributed by atoms with Crippen molar-refractivity contribution >= 4 is 17.9 Å². The van der Waals surface area contributed by atoms with Crippen LogP contribution >= 0.6 is 11.6 Å². The average Bonchev–Trinajstić information content (AvgIpc) is 2.17. The first kappa shape index (κ1) is 10.1. The molecule has 0 saturated heterocycles. The van der Waals surface area contributed by atoms with Gasteiger partial charge in [-0.3, -0.25) is 4.79 Å². The van der Waals surface area contributed by atoms with Crippen LogP contribution in [0.3, 0.4) is 0 Å². The second-order valence-electron chi connectivity index (χ2n) is 2.62. The highest BCUT2D eigenvalue weighted by atomic mass is 35.5. The van der Waals surface area contributed by atoms with Gasteiger partial charge in [0.1, 0.15) is 12.0 Å². The lowest BCUT2D eigenvalue weighted by atomic mass is 10.1. The van der Waals surface area contributed by atoms with Gasteiger partial charge in [0.25, 0.3) is 0 Å². The third-order valence-corrected chi connectivity index (χ3v) is 2.23. The molecule has 3 heteroatoms. The van der Waals surface area contributed by atoms with Crippen LogP contribution in [-0.4, -0.2) is 13.4 Å². The molecule has 0 aliphatic heterocycles. The summed E-state index contributed by atoms with van der Waals surface area (Å²) in [6, 6.07) is 3.37. The van der Waals surface area contributed by atoms with Crippen LogP contribution < -0.4 is 4.74 Å². The van der Waals surface area contributed by atoms with E-state index in [1.807, 2.05) is 6.92 Å². The maximum atomic E-state index is 10.7. The maximum absolute atomic E-state index is 10.7. The van der Waals surface area contributed by atoms with Crippen LogP contribution in [0.15, 0.2) is 12.1 Å². The van der Waals surface area contributed by atoms with Crippen LogP contribution in [0.25, 0.3) is 0 Å². The van der Waals surface area contributed by atoms with E-state index in [2.05, 4.69) is 0 Å². The van der Waals surface area contributed by atoms with E-state index >= 15 is 0 Å². The van der Waals surface area contributed by atoms with Crippen LogP contribution in [0.2, 0.25) is 5.02 Å². The summed E-state index contributed by atoms with van der Waals surface area (Å²) in [5, 5.41) is 0.546. The fourth-order valence-corrected chi connectivity index (χ4v) is 1.56. The second kappa shape index (κ2) is 4.28. The smallest absolute Gasteiger partial charge is 0.150 e. The lowest BCUT2D eigenvalue weighted by Crippen LogP contribution is -1.96. The normalized spacial score (nSPS) is 9.77. The minimum Gasteiger partial charge on any atom is -0.495 e. The van der Waals surface area contributed by atoms with Gasteiger partial charge >= 0.3 is 0 Å². The van der Waals surface area contributed by atoms with E-state index < -0.39 is 0 Å². The predicted octanol–water partition coefficient (Wildman–Crippen LogP) is 2.72. The van der Waals surface area contributed by atoms with Gasteiger partial charge in [-0.2, -0.15) is 0 Å². The molecule has 0 bridgehead atoms. The molecule has 0 aromatic heterocycles. The van der Waals surface area contributed by atoms with Gasteiger partial charge in [-0.15, -0.1) is 0 Å². The predicted molar refractivity (Wildman–Crippen MR) is 52.8 cm³/mol. The zero-order valence-electron chi connectivity index (χ0n) is 7.63. The molecule has 13 heavy (non-hydrogen) atoms. The first-order chi connectivity index (χ1) is 6.24. The van der Waals surface area contributed by atoms with Crippen LogP contribution in [0, 0.1) is 0 Å². The number of carbonyl (C=O) groups excluding carboxylic acids is 1. The number of ether oxygens (including phenoxy) is 1. The van der Waals surface area contributed by atoms with Gasteiger partial charge in [0.2, 0.25) is 0 Å². The van der Waals surface area contributed by atoms with Crippen molar-refractivity contribution in [2.45, 2.75) is 13.3 Å². The van der Waals surface area contributed by atoms with E-state index in [0.717, 1.165) is 18.3 Å². The zero-order valence-corrected chi connectivity index (χ0v) is 8.39. The summed E-state index contributed by atoms with van der Waals surface area (Å²) in [7, 11) is 1.55. The van der Waals surface area contributed by atoms with E-state index in [4.69, 9.17) is 16.3 Å². The van der Waals surface area contributed by atoms with Crippen molar-refractivity contribution in [3.8, 4) is 5.75 Å². The third kappa shape index (κ3) is 1.83. The summed E-state index contributed by atoms with van der Waals surface area (Å²) in [5.74, 6) is 0.605. The van der Waals surface area contributed by atoms with Crippen molar-refractivity contribution in [2.24, 2.45) is 0 Å². The summed E-state index contributed by atoms with van der Waals surface area (Å²) in [6.07, 6.45) is 1.55. The molecule has 0 aliphatic carbocycles. The first-order valence-corrected chi connectivity index (χ1v) is 4.43. The van der Waals surface area contributed by atoms with Crippen molar-refractivity contribution < 1.29 is 9.53 Å². The Hall–Kier alpha value is -1.02. The lowest BCUT2D eigenvalue weighted by molar-refractivity contribution is 0.112. The van der Waals surface area contributed by atoms with Crippen molar-refractivity contribution in [1.29, 1.82) is 0 Å². The Bertz CT molecular complexity index is 321. The van der Waals surface area contributed by atoms with Crippen molar-refractivity contribution in [3.05, 3.63) is 28.3 Å². The Labute approximate surface area is 82.5 Å². The van der Waals surface area contributed by atoms with E-state index in [1.165, 1.54) is 0 Å². The van der Waals surface area contributed by atoms with Gasteiger partial charge < -0.3 is 4.74 Å².